The topological polar surface area (TPSA) is 66.5 Å². The van der Waals surface area contributed by atoms with Gasteiger partial charge in [-0.1, -0.05) is 30.3 Å². The van der Waals surface area contributed by atoms with Gasteiger partial charge in [0.15, 0.2) is 0 Å². The Morgan fingerprint density at radius 2 is 1.75 bits per heavy atom. The fourth-order valence-corrected chi connectivity index (χ4v) is 0.976. The van der Waals surface area contributed by atoms with Gasteiger partial charge < -0.3 is 15.9 Å². The van der Waals surface area contributed by atoms with Gasteiger partial charge in [0.05, 0.1) is 6.10 Å². The van der Waals surface area contributed by atoms with Gasteiger partial charge in [-0.2, -0.15) is 0 Å². The molecule has 3 nitrogen and oxygen atoms in total. The molecule has 0 amide bonds. The number of rotatable bonds is 3. The molecule has 1 aromatic rings. The minimum Gasteiger partial charge on any atom is -0.389 e. The molecule has 0 aliphatic carbocycles. The molecule has 2 unspecified atom stereocenters. The van der Waals surface area contributed by atoms with Gasteiger partial charge in [-0.3, -0.25) is 0 Å². The molecular formula is C9H13NO2. The zero-order valence-electron chi connectivity index (χ0n) is 6.72. The van der Waals surface area contributed by atoms with Crippen molar-refractivity contribution in [3.63, 3.8) is 0 Å². The summed E-state index contributed by atoms with van der Waals surface area (Å²) in [5.41, 5.74) is 6.06. The molecule has 0 spiro atoms. The standard InChI is InChI=1S/C9H13NO2/c10-9(12)8(11)6-7-4-2-1-3-5-7/h1-5,8-9,11-12H,6,10H2. The van der Waals surface area contributed by atoms with E-state index in [0.717, 1.165) is 5.56 Å². The maximum atomic E-state index is 9.20. The molecule has 0 aromatic heterocycles. The van der Waals surface area contributed by atoms with Crippen LogP contribution in [0.5, 0.6) is 0 Å². The average Bonchev–Trinajstić information content (AvgIpc) is 2.06. The highest BCUT2D eigenvalue weighted by Gasteiger charge is 2.10. The third-order valence-electron chi connectivity index (χ3n) is 1.68. The molecule has 0 heterocycles. The van der Waals surface area contributed by atoms with Crippen LogP contribution in [-0.2, 0) is 6.42 Å². The Labute approximate surface area is 71.5 Å². The predicted octanol–water partition coefficient (Wildman–Crippen LogP) is -0.133. The van der Waals surface area contributed by atoms with Gasteiger partial charge in [-0.15, -0.1) is 0 Å². The number of nitrogens with two attached hydrogens (primary N) is 1. The number of benzene rings is 1. The van der Waals surface area contributed by atoms with Gasteiger partial charge in [0.2, 0.25) is 0 Å². The van der Waals surface area contributed by atoms with Crippen LogP contribution in [0.4, 0.5) is 0 Å². The van der Waals surface area contributed by atoms with Crippen molar-refractivity contribution in [2.24, 2.45) is 5.73 Å². The van der Waals surface area contributed by atoms with Crippen molar-refractivity contribution in [3.8, 4) is 0 Å². The Morgan fingerprint density at radius 1 is 1.17 bits per heavy atom. The predicted molar refractivity (Wildman–Crippen MR) is 46.3 cm³/mol. The summed E-state index contributed by atoms with van der Waals surface area (Å²) in [4.78, 5) is 0. The lowest BCUT2D eigenvalue weighted by Crippen LogP contribution is -2.35. The summed E-state index contributed by atoms with van der Waals surface area (Å²) in [6.07, 6.45) is -1.66. The minimum absolute atomic E-state index is 0.387. The second-order valence-corrected chi connectivity index (χ2v) is 2.75. The number of hydrogen-bond donors (Lipinski definition) is 3. The van der Waals surface area contributed by atoms with E-state index in [1.807, 2.05) is 30.3 Å². The molecule has 0 aliphatic heterocycles. The Hall–Kier alpha value is -0.900. The van der Waals surface area contributed by atoms with E-state index in [1.165, 1.54) is 0 Å². The molecule has 0 radical (unpaired) electrons. The molecule has 1 aromatic carbocycles. The summed E-state index contributed by atoms with van der Waals surface area (Å²) in [6, 6.07) is 9.42. The van der Waals surface area contributed by atoms with Crippen molar-refractivity contribution in [3.05, 3.63) is 35.9 Å². The largest absolute Gasteiger partial charge is 0.389 e. The van der Waals surface area contributed by atoms with Crippen molar-refractivity contribution in [2.75, 3.05) is 0 Å². The molecule has 0 bridgehead atoms. The Morgan fingerprint density at radius 3 is 2.25 bits per heavy atom. The third-order valence-corrected chi connectivity index (χ3v) is 1.68. The molecular weight excluding hydrogens is 154 g/mol. The lowest BCUT2D eigenvalue weighted by atomic mass is 10.1. The number of aliphatic hydroxyl groups is 2. The second-order valence-electron chi connectivity index (χ2n) is 2.75. The molecule has 3 heteroatoms. The van der Waals surface area contributed by atoms with E-state index < -0.39 is 12.3 Å². The normalized spacial score (nSPS) is 15.6. The van der Waals surface area contributed by atoms with Gasteiger partial charge in [-0.05, 0) is 5.56 Å². The highest BCUT2D eigenvalue weighted by Crippen LogP contribution is 2.03. The van der Waals surface area contributed by atoms with Crippen LogP contribution in [0.3, 0.4) is 0 Å². The molecule has 0 aliphatic rings. The molecule has 4 N–H and O–H groups in total. The van der Waals surface area contributed by atoms with Crippen LogP contribution in [0.1, 0.15) is 5.56 Å². The molecule has 0 saturated carbocycles. The zero-order chi connectivity index (χ0) is 8.97. The van der Waals surface area contributed by atoms with E-state index in [4.69, 9.17) is 10.8 Å². The van der Waals surface area contributed by atoms with Crippen LogP contribution < -0.4 is 5.73 Å². The first-order chi connectivity index (χ1) is 5.70. The van der Waals surface area contributed by atoms with E-state index in [0.29, 0.717) is 6.42 Å². The molecule has 2 atom stereocenters. The summed E-state index contributed by atoms with van der Waals surface area (Å²) >= 11 is 0. The van der Waals surface area contributed by atoms with Crippen molar-refractivity contribution in [1.82, 2.24) is 0 Å². The fraction of sp³-hybridized carbons (Fsp3) is 0.333. The van der Waals surface area contributed by atoms with Crippen molar-refractivity contribution >= 4 is 0 Å². The smallest absolute Gasteiger partial charge is 0.128 e. The molecule has 0 fully saturated rings. The van der Waals surface area contributed by atoms with E-state index in [9.17, 15) is 5.11 Å². The van der Waals surface area contributed by atoms with E-state index in [-0.39, 0.29) is 0 Å². The van der Waals surface area contributed by atoms with Crippen LogP contribution in [0, 0.1) is 0 Å². The molecule has 0 saturated heterocycles. The van der Waals surface area contributed by atoms with Gasteiger partial charge in [0.1, 0.15) is 6.23 Å². The van der Waals surface area contributed by atoms with Crippen molar-refractivity contribution in [1.29, 1.82) is 0 Å². The van der Waals surface area contributed by atoms with Crippen LogP contribution in [0.25, 0.3) is 0 Å². The van der Waals surface area contributed by atoms with Crippen LogP contribution in [0.15, 0.2) is 30.3 Å². The van der Waals surface area contributed by atoms with E-state index in [2.05, 4.69) is 0 Å². The van der Waals surface area contributed by atoms with Gasteiger partial charge in [0.25, 0.3) is 0 Å². The van der Waals surface area contributed by atoms with Gasteiger partial charge in [0, 0.05) is 6.42 Å². The summed E-state index contributed by atoms with van der Waals surface area (Å²) < 4.78 is 0. The highest BCUT2D eigenvalue weighted by molar-refractivity contribution is 5.15. The minimum atomic E-state index is -1.16. The van der Waals surface area contributed by atoms with Gasteiger partial charge >= 0.3 is 0 Å². The summed E-state index contributed by atoms with van der Waals surface area (Å²) in [5.74, 6) is 0. The average molecular weight is 167 g/mol. The van der Waals surface area contributed by atoms with E-state index in [1.54, 1.807) is 0 Å². The summed E-state index contributed by atoms with van der Waals surface area (Å²) in [6.45, 7) is 0. The van der Waals surface area contributed by atoms with Crippen LogP contribution in [-0.4, -0.2) is 22.5 Å². The summed E-state index contributed by atoms with van der Waals surface area (Å²) in [5, 5.41) is 18.0. The van der Waals surface area contributed by atoms with Crippen LogP contribution >= 0.6 is 0 Å². The Kier molecular flexibility index (Phi) is 3.22. The lowest BCUT2D eigenvalue weighted by Gasteiger charge is -2.12. The number of aliphatic hydroxyl groups excluding tert-OH is 2. The first-order valence-corrected chi connectivity index (χ1v) is 3.86. The summed E-state index contributed by atoms with van der Waals surface area (Å²) in [7, 11) is 0. The quantitative estimate of drug-likeness (QED) is 0.549. The Bertz CT molecular complexity index is 223. The fourth-order valence-electron chi connectivity index (χ4n) is 0.976. The zero-order valence-corrected chi connectivity index (χ0v) is 6.72. The third kappa shape index (κ3) is 2.62. The lowest BCUT2D eigenvalue weighted by molar-refractivity contribution is 0.0243. The van der Waals surface area contributed by atoms with Crippen LogP contribution in [0.2, 0.25) is 0 Å². The Balaban J connectivity index is 2.53. The highest BCUT2D eigenvalue weighted by atomic mass is 16.3. The molecule has 12 heavy (non-hydrogen) atoms. The maximum absolute atomic E-state index is 9.20. The van der Waals surface area contributed by atoms with E-state index >= 15 is 0 Å². The second kappa shape index (κ2) is 4.21. The SMILES string of the molecule is NC(O)C(O)Cc1ccccc1. The van der Waals surface area contributed by atoms with Crippen molar-refractivity contribution < 1.29 is 10.2 Å². The number of hydrogen-bond acceptors (Lipinski definition) is 3. The molecule has 1 rings (SSSR count). The van der Waals surface area contributed by atoms with Gasteiger partial charge in [-0.25, -0.2) is 0 Å². The van der Waals surface area contributed by atoms with Crippen molar-refractivity contribution in [2.45, 2.75) is 18.8 Å². The monoisotopic (exact) mass is 167 g/mol. The molecule has 66 valence electrons. The first-order valence-electron chi connectivity index (χ1n) is 3.86. The first kappa shape index (κ1) is 9.19. The maximum Gasteiger partial charge on any atom is 0.128 e.